The minimum Gasteiger partial charge on any atom is -0.485 e. The average molecular weight is 519 g/mol. The third-order valence-electron chi connectivity index (χ3n) is 7.94. The molecule has 1 unspecified atom stereocenters. The fraction of sp³-hybridized carbons (Fsp3) is 0.419. The zero-order valence-corrected chi connectivity index (χ0v) is 22.2. The number of nitrogens with zero attached hydrogens (tertiary/aromatic N) is 2. The summed E-state index contributed by atoms with van der Waals surface area (Å²) in [5.41, 5.74) is 5.61. The van der Waals surface area contributed by atoms with E-state index in [9.17, 15) is 14.3 Å². The molecule has 0 amide bonds. The van der Waals surface area contributed by atoms with Gasteiger partial charge in [-0.1, -0.05) is 31.2 Å². The van der Waals surface area contributed by atoms with Crippen molar-refractivity contribution in [3.8, 4) is 22.8 Å². The minimum absolute atomic E-state index is 0.131. The van der Waals surface area contributed by atoms with E-state index >= 15 is 0 Å². The molecule has 200 valence electrons. The van der Waals surface area contributed by atoms with Gasteiger partial charge < -0.3 is 14.6 Å². The van der Waals surface area contributed by atoms with Crippen molar-refractivity contribution >= 4 is 5.97 Å². The van der Waals surface area contributed by atoms with E-state index in [-0.39, 0.29) is 11.9 Å². The summed E-state index contributed by atoms with van der Waals surface area (Å²) in [7, 11) is 1.53. The summed E-state index contributed by atoms with van der Waals surface area (Å²) in [6, 6.07) is 14.3. The molecule has 3 atom stereocenters. The highest BCUT2D eigenvalue weighted by Crippen LogP contribution is 2.39. The van der Waals surface area contributed by atoms with Gasteiger partial charge in [0.1, 0.15) is 17.7 Å². The van der Waals surface area contributed by atoms with Gasteiger partial charge in [0, 0.05) is 24.2 Å². The van der Waals surface area contributed by atoms with E-state index in [4.69, 9.17) is 9.47 Å². The van der Waals surface area contributed by atoms with E-state index < -0.39 is 11.9 Å². The first-order valence-electron chi connectivity index (χ1n) is 13.4. The lowest BCUT2D eigenvalue weighted by Gasteiger charge is -2.30. The summed E-state index contributed by atoms with van der Waals surface area (Å²) in [4.78, 5) is 17.8. The van der Waals surface area contributed by atoms with Crippen molar-refractivity contribution in [2.24, 2.45) is 5.92 Å². The first-order valence-corrected chi connectivity index (χ1v) is 13.4. The van der Waals surface area contributed by atoms with Gasteiger partial charge in [0.15, 0.2) is 0 Å². The van der Waals surface area contributed by atoms with Crippen molar-refractivity contribution in [2.75, 3.05) is 13.7 Å². The average Bonchev–Trinajstić information content (AvgIpc) is 3.32. The normalized spacial score (nSPS) is 20.0. The monoisotopic (exact) mass is 518 g/mol. The Balaban J connectivity index is 1.48. The lowest BCUT2D eigenvalue weighted by molar-refractivity contribution is -0.141. The molecule has 5 rings (SSSR count). The number of rotatable bonds is 8. The van der Waals surface area contributed by atoms with Crippen LogP contribution in [0, 0.1) is 11.7 Å². The second-order valence-corrected chi connectivity index (χ2v) is 10.6. The quantitative estimate of drug-likeness (QED) is 0.382. The zero-order chi connectivity index (χ0) is 26.8. The Morgan fingerprint density at radius 2 is 2.08 bits per heavy atom. The number of fused-ring (bicyclic) bond motifs is 1. The lowest BCUT2D eigenvalue weighted by Crippen LogP contribution is -2.27. The van der Waals surface area contributed by atoms with Gasteiger partial charge in [-0.25, -0.2) is 9.37 Å². The first-order chi connectivity index (χ1) is 18.3. The molecule has 6 nitrogen and oxygen atoms in total. The summed E-state index contributed by atoms with van der Waals surface area (Å²) in [5, 5.41) is 9.32. The van der Waals surface area contributed by atoms with E-state index in [0.717, 1.165) is 59.5 Å². The number of carbonyl (C=O) groups is 1. The Kier molecular flexibility index (Phi) is 7.65. The van der Waals surface area contributed by atoms with Crippen LogP contribution in [0.3, 0.4) is 0 Å². The fourth-order valence-corrected chi connectivity index (χ4v) is 5.62. The Labute approximate surface area is 223 Å². The molecule has 3 aromatic rings. The SMILES string of the molecule is COc1cc(-c2ccc(C3CCc4ccc(C[C@H](C)C(=O)O)cc4O3)c(CN3CCC[C@@H]3C)c2)c(F)cn1. The molecule has 1 fully saturated rings. The molecule has 0 radical (unpaired) electrons. The number of halogens is 1. The summed E-state index contributed by atoms with van der Waals surface area (Å²) in [5.74, 6) is -0.442. The van der Waals surface area contributed by atoms with Gasteiger partial charge in [0.25, 0.3) is 0 Å². The molecular weight excluding hydrogens is 483 g/mol. The molecule has 0 aliphatic carbocycles. The van der Waals surface area contributed by atoms with E-state index in [2.05, 4.69) is 35.0 Å². The van der Waals surface area contributed by atoms with Gasteiger partial charge in [0.05, 0.1) is 19.2 Å². The summed E-state index contributed by atoms with van der Waals surface area (Å²) >= 11 is 0. The van der Waals surface area contributed by atoms with Crippen molar-refractivity contribution in [1.82, 2.24) is 9.88 Å². The highest BCUT2D eigenvalue weighted by molar-refractivity contribution is 5.70. The number of carboxylic acid groups (broad SMARTS) is 1. The lowest BCUT2D eigenvalue weighted by atomic mass is 9.90. The summed E-state index contributed by atoms with van der Waals surface area (Å²) in [6.45, 7) is 5.80. The minimum atomic E-state index is -0.800. The molecule has 7 heteroatoms. The predicted octanol–water partition coefficient (Wildman–Crippen LogP) is 6.21. The fourth-order valence-electron chi connectivity index (χ4n) is 5.62. The van der Waals surface area contributed by atoms with Gasteiger partial charge in [0.2, 0.25) is 5.88 Å². The summed E-state index contributed by atoms with van der Waals surface area (Å²) in [6.07, 6.45) is 5.61. The number of aromatic nitrogens is 1. The number of ether oxygens (including phenoxy) is 2. The van der Waals surface area contributed by atoms with Gasteiger partial charge >= 0.3 is 5.97 Å². The van der Waals surface area contributed by atoms with Crippen LogP contribution in [0.15, 0.2) is 48.7 Å². The highest BCUT2D eigenvalue weighted by Gasteiger charge is 2.27. The van der Waals surface area contributed by atoms with Crippen LogP contribution >= 0.6 is 0 Å². The summed E-state index contributed by atoms with van der Waals surface area (Å²) < 4.78 is 26.6. The van der Waals surface area contributed by atoms with Crippen molar-refractivity contribution in [2.45, 2.75) is 64.6 Å². The van der Waals surface area contributed by atoms with E-state index in [1.54, 1.807) is 13.0 Å². The van der Waals surface area contributed by atoms with Crippen molar-refractivity contribution in [3.63, 3.8) is 0 Å². The van der Waals surface area contributed by atoms with Crippen LogP contribution in [0.25, 0.3) is 11.1 Å². The molecule has 2 aromatic carbocycles. The van der Waals surface area contributed by atoms with Crippen molar-refractivity contribution < 1.29 is 23.8 Å². The molecular formula is C31H35FN2O4. The Morgan fingerprint density at radius 1 is 1.24 bits per heavy atom. The van der Waals surface area contributed by atoms with E-state index in [1.165, 1.54) is 26.1 Å². The Hall–Kier alpha value is -3.45. The van der Waals surface area contributed by atoms with Gasteiger partial charge in [-0.05, 0) is 85.5 Å². The second kappa shape index (κ2) is 11.1. The molecule has 3 heterocycles. The molecule has 0 saturated carbocycles. The largest absolute Gasteiger partial charge is 0.485 e. The van der Waals surface area contributed by atoms with Crippen molar-refractivity contribution in [1.29, 1.82) is 0 Å². The molecule has 1 aromatic heterocycles. The first kappa shape index (κ1) is 26.2. The van der Waals surface area contributed by atoms with Crippen LogP contribution in [0.5, 0.6) is 11.6 Å². The number of hydrogen-bond acceptors (Lipinski definition) is 5. The molecule has 38 heavy (non-hydrogen) atoms. The molecule has 0 spiro atoms. The number of pyridine rings is 1. The van der Waals surface area contributed by atoms with Crippen LogP contribution in [0.2, 0.25) is 0 Å². The molecule has 0 bridgehead atoms. The molecule has 1 saturated heterocycles. The topological polar surface area (TPSA) is 71.9 Å². The van der Waals surface area contributed by atoms with E-state index in [1.807, 2.05) is 18.2 Å². The number of benzene rings is 2. The maximum Gasteiger partial charge on any atom is 0.306 e. The van der Waals surface area contributed by atoms with Crippen LogP contribution in [-0.2, 0) is 24.2 Å². The molecule has 1 N–H and O–H groups in total. The number of carboxylic acids is 1. The van der Waals surface area contributed by atoms with Crippen molar-refractivity contribution in [3.05, 3.63) is 76.7 Å². The maximum absolute atomic E-state index is 14.8. The maximum atomic E-state index is 14.8. The van der Waals surface area contributed by atoms with Gasteiger partial charge in [-0.15, -0.1) is 0 Å². The number of hydrogen-bond donors (Lipinski definition) is 1. The van der Waals surface area contributed by atoms with Crippen LogP contribution in [0.4, 0.5) is 4.39 Å². The Bertz CT molecular complexity index is 1330. The molecule has 2 aliphatic rings. The van der Waals surface area contributed by atoms with Crippen LogP contribution in [-0.4, -0.2) is 40.7 Å². The van der Waals surface area contributed by atoms with E-state index in [0.29, 0.717) is 23.9 Å². The Morgan fingerprint density at radius 3 is 2.82 bits per heavy atom. The van der Waals surface area contributed by atoms with Gasteiger partial charge in [-0.2, -0.15) is 0 Å². The number of methoxy groups -OCH3 is 1. The number of likely N-dealkylation sites (tertiary alicyclic amines) is 1. The zero-order valence-electron chi connectivity index (χ0n) is 22.2. The standard InChI is InChI=1S/C31H35FN2O4/c1-19(31(35)36)13-21-6-7-22-9-11-28(38-29(22)14-21)25-10-8-23(26-16-30(37-3)33-17-27(26)32)15-24(25)18-34-12-4-5-20(34)2/h6-8,10,14-17,19-20,28H,4-5,9,11-13,18H2,1-3H3,(H,35,36)/t19-,20-,28?/m0/s1. The third-order valence-corrected chi connectivity index (χ3v) is 7.94. The molecule has 2 aliphatic heterocycles. The third kappa shape index (κ3) is 5.53. The smallest absolute Gasteiger partial charge is 0.306 e. The number of aliphatic carboxylic acids is 1. The predicted molar refractivity (Wildman–Crippen MR) is 144 cm³/mol. The van der Waals surface area contributed by atoms with Gasteiger partial charge in [-0.3, -0.25) is 9.69 Å². The second-order valence-electron chi connectivity index (χ2n) is 10.6. The number of aryl methyl sites for hydroxylation is 1. The van der Waals surface area contributed by atoms with Crippen LogP contribution < -0.4 is 9.47 Å². The highest BCUT2D eigenvalue weighted by atomic mass is 19.1. The van der Waals surface area contributed by atoms with Crippen LogP contribution in [0.1, 0.15) is 61.5 Å².